The van der Waals surface area contributed by atoms with Crippen LogP contribution in [-0.2, 0) is 0 Å². The maximum atomic E-state index is 11.3. The number of carbonyl (C=O) groups is 1. The van der Waals surface area contributed by atoms with Crippen molar-refractivity contribution in [2.24, 2.45) is 0 Å². The molecule has 0 unspecified atom stereocenters. The van der Waals surface area contributed by atoms with E-state index in [1.807, 2.05) is 0 Å². The lowest BCUT2D eigenvalue weighted by atomic mass is 10.4. The Morgan fingerprint density at radius 1 is 1.71 bits per heavy atom. The van der Waals surface area contributed by atoms with Gasteiger partial charge in [0, 0.05) is 12.6 Å². The fourth-order valence-corrected chi connectivity index (χ4v) is 1.54. The number of amides is 1. The van der Waals surface area contributed by atoms with E-state index < -0.39 is 4.92 Å². The van der Waals surface area contributed by atoms with Gasteiger partial charge in [0.1, 0.15) is 0 Å². The minimum atomic E-state index is -0.519. The van der Waals surface area contributed by atoms with Crippen molar-refractivity contribution in [2.75, 3.05) is 6.54 Å². The third-order valence-corrected chi connectivity index (χ3v) is 2.44. The molecular weight excluding hydrogens is 204 g/mol. The Hall–Kier alpha value is -1.69. The summed E-state index contributed by atoms with van der Waals surface area (Å²) in [6, 6.07) is 2.74. The number of nitrogens with zero attached hydrogens (tertiary/aromatic N) is 1. The van der Waals surface area contributed by atoms with Gasteiger partial charge in [-0.3, -0.25) is 14.9 Å². The predicted molar refractivity (Wildman–Crippen MR) is 53.5 cm³/mol. The van der Waals surface area contributed by atoms with E-state index in [0.717, 1.165) is 11.3 Å². The molecule has 0 aromatic carbocycles. The van der Waals surface area contributed by atoms with Crippen molar-refractivity contribution in [1.29, 1.82) is 0 Å². The largest absolute Gasteiger partial charge is 0.348 e. The van der Waals surface area contributed by atoms with Gasteiger partial charge in [-0.25, -0.2) is 0 Å². The van der Waals surface area contributed by atoms with E-state index in [-0.39, 0.29) is 10.9 Å². The van der Waals surface area contributed by atoms with Gasteiger partial charge in [-0.1, -0.05) is 17.4 Å². The molecule has 1 heterocycles. The average Bonchev–Trinajstić information content (AvgIpc) is 2.62. The predicted octanol–water partition coefficient (Wildman–Crippen LogP) is 1.57. The average molecular weight is 212 g/mol. The second kappa shape index (κ2) is 4.52. The fraction of sp³-hybridized carbons (Fsp3) is 0.125. The Balaban J connectivity index is 2.71. The highest BCUT2D eigenvalue weighted by atomic mass is 32.1. The second-order valence-electron chi connectivity index (χ2n) is 2.39. The number of hydrogen-bond donors (Lipinski definition) is 1. The molecule has 1 N–H and O–H groups in total. The highest BCUT2D eigenvalue weighted by Crippen LogP contribution is 2.23. The highest BCUT2D eigenvalue weighted by Gasteiger charge is 2.14. The van der Waals surface area contributed by atoms with E-state index in [0.29, 0.717) is 11.4 Å². The third kappa shape index (κ3) is 2.40. The van der Waals surface area contributed by atoms with Crippen LogP contribution in [0.2, 0.25) is 0 Å². The van der Waals surface area contributed by atoms with Crippen molar-refractivity contribution in [3.63, 3.8) is 0 Å². The molecule has 6 heteroatoms. The lowest BCUT2D eigenvalue weighted by Crippen LogP contribution is -2.21. The molecule has 74 valence electrons. The topological polar surface area (TPSA) is 72.2 Å². The molecule has 1 amide bonds. The number of thiophene rings is 1. The highest BCUT2D eigenvalue weighted by molar-refractivity contribution is 7.17. The van der Waals surface area contributed by atoms with E-state index >= 15 is 0 Å². The molecule has 5 nitrogen and oxygen atoms in total. The summed E-state index contributed by atoms with van der Waals surface area (Å²) in [5, 5.41) is 12.8. The molecule has 1 aromatic heterocycles. The van der Waals surface area contributed by atoms with Gasteiger partial charge in [0.25, 0.3) is 5.91 Å². The first-order valence-electron chi connectivity index (χ1n) is 3.78. The van der Waals surface area contributed by atoms with Crippen LogP contribution in [0.4, 0.5) is 5.00 Å². The lowest BCUT2D eigenvalue weighted by Gasteiger charge is -1.96. The number of hydrogen-bond acceptors (Lipinski definition) is 4. The van der Waals surface area contributed by atoms with E-state index in [4.69, 9.17) is 0 Å². The number of nitrogens with one attached hydrogen (secondary N) is 1. The SMILES string of the molecule is C=CCNC(=O)c1ccc([N+](=O)[O-])s1. The van der Waals surface area contributed by atoms with Crippen molar-refractivity contribution in [2.45, 2.75) is 0 Å². The quantitative estimate of drug-likeness (QED) is 0.467. The minimum absolute atomic E-state index is 0.0336. The van der Waals surface area contributed by atoms with Crippen LogP contribution in [0, 0.1) is 10.1 Å². The van der Waals surface area contributed by atoms with Gasteiger partial charge in [0.05, 0.1) is 9.80 Å². The molecule has 0 spiro atoms. The maximum absolute atomic E-state index is 11.3. The van der Waals surface area contributed by atoms with E-state index in [9.17, 15) is 14.9 Å². The summed E-state index contributed by atoms with van der Waals surface area (Å²) in [4.78, 5) is 21.4. The first-order valence-corrected chi connectivity index (χ1v) is 4.60. The zero-order chi connectivity index (χ0) is 10.6. The van der Waals surface area contributed by atoms with Crippen LogP contribution in [0.5, 0.6) is 0 Å². The molecule has 0 fully saturated rings. The van der Waals surface area contributed by atoms with Gasteiger partial charge >= 0.3 is 5.00 Å². The van der Waals surface area contributed by atoms with Gasteiger partial charge in [-0.15, -0.1) is 6.58 Å². The van der Waals surface area contributed by atoms with Crippen LogP contribution >= 0.6 is 11.3 Å². The lowest BCUT2D eigenvalue weighted by molar-refractivity contribution is -0.380. The van der Waals surface area contributed by atoms with Crippen molar-refractivity contribution in [3.05, 3.63) is 39.8 Å². The van der Waals surface area contributed by atoms with Crippen molar-refractivity contribution in [3.8, 4) is 0 Å². The van der Waals surface area contributed by atoms with Crippen molar-refractivity contribution < 1.29 is 9.72 Å². The standard InChI is InChI=1S/C8H8N2O3S/c1-2-5-9-8(11)6-3-4-7(14-6)10(12)13/h2-4H,1,5H2,(H,9,11). The summed E-state index contributed by atoms with van der Waals surface area (Å²) in [6.07, 6.45) is 1.54. The number of rotatable bonds is 4. The Morgan fingerprint density at radius 3 is 2.93 bits per heavy atom. The van der Waals surface area contributed by atoms with Crippen LogP contribution in [0.1, 0.15) is 9.67 Å². The zero-order valence-electron chi connectivity index (χ0n) is 7.23. The molecule has 0 saturated heterocycles. The van der Waals surface area contributed by atoms with Crippen molar-refractivity contribution >= 4 is 22.2 Å². The third-order valence-electron chi connectivity index (χ3n) is 1.40. The molecule has 0 aliphatic rings. The maximum Gasteiger partial charge on any atom is 0.324 e. The summed E-state index contributed by atoms with van der Waals surface area (Å²) in [7, 11) is 0. The summed E-state index contributed by atoms with van der Waals surface area (Å²) in [6.45, 7) is 3.79. The number of carbonyl (C=O) groups excluding carboxylic acids is 1. The molecular formula is C8H8N2O3S. The molecule has 0 aliphatic heterocycles. The Kier molecular flexibility index (Phi) is 3.35. The van der Waals surface area contributed by atoms with Crippen LogP contribution in [0.3, 0.4) is 0 Å². The monoisotopic (exact) mass is 212 g/mol. The minimum Gasteiger partial charge on any atom is -0.348 e. The molecule has 1 rings (SSSR count). The normalized spacial score (nSPS) is 9.43. The Morgan fingerprint density at radius 2 is 2.43 bits per heavy atom. The number of nitro groups is 1. The smallest absolute Gasteiger partial charge is 0.324 e. The molecule has 14 heavy (non-hydrogen) atoms. The zero-order valence-corrected chi connectivity index (χ0v) is 8.04. The van der Waals surface area contributed by atoms with Gasteiger partial charge in [0.15, 0.2) is 0 Å². The summed E-state index contributed by atoms with van der Waals surface area (Å²) in [5.74, 6) is -0.317. The second-order valence-corrected chi connectivity index (χ2v) is 3.46. The Bertz CT molecular complexity index is 372. The van der Waals surface area contributed by atoms with Gasteiger partial charge in [-0.05, 0) is 6.07 Å². The first-order chi connectivity index (χ1) is 6.65. The molecule has 0 bridgehead atoms. The van der Waals surface area contributed by atoms with E-state index in [1.165, 1.54) is 12.1 Å². The molecule has 0 saturated carbocycles. The van der Waals surface area contributed by atoms with E-state index in [1.54, 1.807) is 6.08 Å². The van der Waals surface area contributed by atoms with Gasteiger partial charge in [-0.2, -0.15) is 0 Å². The summed E-state index contributed by atoms with van der Waals surface area (Å²) >= 11 is 0.854. The molecule has 0 atom stereocenters. The molecule has 0 aliphatic carbocycles. The van der Waals surface area contributed by atoms with Crippen LogP contribution in [0.25, 0.3) is 0 Å². The molecule has 0 radical (unpaired) electrons. The summed E-state index contributed by atoms with van der Waals surface area (Å²) < 4.78 is 0. The van der Waals surface area contributed by atoms with Gasteiger partial charge in [0.2, 0.25) is 0 Å². The van der Waals surface area contributed by atoms with Crippen molar-refractivity contribution in [1.82, 2.24) is 5.32 Å². The van der Waals surface area contributed by atoms with Crippen LogP contribution in [-0.4, -0.2) is 17.4 Å². The van der Waals surface area contributed by atoms with Gasteiger partial charge < -0.3 is 5.32 Å². The summed E-state index contributed by atoms with van der Waals surface area (Å²) in [5.41, 5.74) is 0. The van der Waals surface area contributed by atoms with E-state index in [2.05, 4.69) is 11.9 Å². The van der Waals surface area contributed by atoms with Crippen LogP contribution in [0.15, 0.2) is 24.8 Å². The first kappa shape index (κ1) is 10.4. The Labute approximate surface area is 84.2 Å². The fourth-order valence-electron chi connectivity index (χ4n) is 0.800. The molecule has 1 aromatic rings. The van der Waals surface area contributed by atoms with Crippen LogP contribution < -0.4 is 5.32 Å².